The van der Waals surface area contributed by atoms with Gasteiger partial charge in [0, 0.05) is 43.8 Å². The molecule has 0 spiro atoms. The Morgan fingerprint density at radius 1 is 1.31 bits per heavy atom. The molecule has 174 valence electrons. The van der Waals surface area contributed by atoms with Crippen LogP contribution in [-0.2, 0) is 22.4 Å². The molecular formula is C24H33FN4O2S. The quantitative estimate of drug-likeness (QED) is 0.559. The Balaban J connectivity index is 1.25. The molecule has 2 N–H and O–H groups in total. The van der Waals surface area contributed by atoms with Crippen molar-refractivity contribution < 1.29 is 13.9 Å². The second-order valence-corrected chi connectivity index (χ2v) is 9.76. The number of carbonyl (C=O) groups excluding carboxylic acids is 1. The number of hydrogen-bond donors (Lipinski definition) is 2. The normalized spacial score (nSPS) is 16.4. The highest BCUT2D eigenvalue weighted by Gasteiger charge is 2.24. The number of rotatable bonds is 9. The van der Waals surface area contributed by atoms with Gasteiger partial charge in [0.25, 0.3) is 0 Å². The van der Waals surface area contributed by atoms with Crippen molar-refractivity contribution in [1.82, 2.24) is 15.2 Å². The summed E-state index contributed by atoms with van der Waals surface area (Å²) in [6, 6.07) is 5.07. The maximum absolute atomic E-state index is 13.8. The van der Waals surface area contributed by atoms with Gasteiger partial charge in [-0.1, -0.05) is 6.07 Å². The molecule has 2 aliphatic rings. The third-order valence-electron chi connectivity index (χ3n) is 6.36. The number of methoxy groups -OCH3 is 1. The Morgan fingerprint density at radius 2 is 2.16 bits per heavy atom. The van der Waals surface area contributed by atoms with E-state index in [1.165, 1.54) is 10.4 Å². The van der Waals surface area contributed by atoms with Crippen molar-refractivity contribution >= 4 is 22.4 Å². The van der Waals surface area contributed by atoms with Gasteiger partial charge in [-0.2, -0.15) is 0 Å². The molecule has 0 atom stereocenters. The number of nitrogens with one attached hydrogen (secondary N) is 2. The van der Waals surface area contributed by atoms with Crippen LogP contribution in [0.15, 0.2) is 18.2 Å². The second kappa shape index (κ2) is 11.2. The molecule has 8 heteroatoms. The van der Waals surface area contributed by atoms with Crippen LogP contribution in [0.4, 0.5) is 9.52 Å². The lowest BCUT2D eigenvalue weighted by Crippen LogP contribution is -2.44. The number of likely N-dealkylation sites (tertiary alicyclic amines) is 1. The third-order valence-corrected chi connectivity index (χ3v) is 7.43. The van der Waals surface area contributed by atoms with E-state index in [2.05, 4.69) is 10.6 Å². The van der Waals surface area contributed by atoms with Gasteiger partial charge in [-0.25, -0.2) is 9.37 Å². The molecule has 0 bridgehead atoms. The van der Waals surface area contributed by atoms with E-state index in [0.717, 1.165) is 81.1 Å². The Morgan fingerprint density at radius 3 is 2.97 bits per heavy atom. The number of hydrogen-bond acceptors (Lipinski definition) is 6. The number of amides is 1. The van der Waals surface area contributed by atoms with E-state index in [1.54, 1.807) is 30.6 Å². The van der Waals surface area contributed by atoms with Gasteiger partial charge < -0.3 is 20.3 Å². The van der Waals surface area contributed by atoms with Crippen LogP contribution in [0.1, 0.15) is 36.1 Å². The largest absolute Gasteiger partial charge is 0.385 e. The molecule has 0 unspecified atom stereocenters. The van der Waals surface area contributed by atoms with Crippen molar-refractivity contribution in [2.45, 2.75) is 38.5 Å². The van der Waals surface area contributed by atoms with Crippen molar-refractivity contribution in [3.05, 3.63) is 34.5 Å². The van der Waals surface area contributed by atoms with Crippen molar-refractivity contribution in [3.8, 4) is 11.3 Å². The molecular weight excluding hydrogens is 427 g/mol. The number of anilines is 1. The van der Waals surface area contributed by atoms with Gasteiger partial charge in [-0.05, 0) is 68.7 Å². The van der Waals surface area contributed by atoms with Crippen LogP contribution >= 0.6 is 11.3 Å². The first-order valence-electron chi connectivity index (χ1n) is 11.6. The predicted octanol–water partition coefficient (Wildman–Crippen LogP) is 3.71. The van der Waals surface area contributed by atoms with E-state index >= 15 is 0 Å². The molecule has 1 amide bonds. The highest BCUT2D eigenvalue weighted by molar-refractivity contribution is 7.16. The SMILES string of the molecule is COCCCNCC(=O)N1CCC(CNc2nc3c(s2)CCCc2ccc(F)cc2-3)CC1. The summed E-state index contributed by atoms with van der Waals surface area (Å²) in [5.74, 6) is 0.510. The van der Waals surface area contributed by atoms with E-state index in [9.17, 15) is 9.18 Å². The van der Waals surface area contributed by atoms with E-state index in [0.29, 0.717) is 19.1 Å². The van der Waals surface area contributed by atoms with Crippen LogP contribution in [0.5, 0.6) is 0 Å². The van der Waals surface area contributed by atoms with Gasteiger partial charge in [0.05, 0.1) is 12.2 Å². The van der Waals surface area contributed by atoms with Crippen LogP contribution in [0.2, 0.25) is 0 Å². The molecule has 32 heavy (non-hydrogen) atoms. The summed E-state index contributed by atoms with van der Waals surface area (Å²) in [6.45, 7) is 4.40. The molecule has 1 aromatic carbocycles. The number of halogens is 1. The zero-order valence-corrected chi connectivity index (χ0v) is 19.6. The fourth-order valence-corrected chi connectivity index (χ4v) is 5.53. The molecule has 1 fully saturated rings. The molecule has 1 aliphatic heterocycles. The number of aromatic nitrogens is 1. The number of benzene rings is 1. The summed E-state index contributed by atoms with van der Waals surface area (Å²) in [6.07, 6.45) is 5.95. The number of carbonyl (C=O) groups is 1. The minimum Gasteiger partial charge on any atom is -0.385 e. The van der Waals surface area contributed by atoms with Gasteiger partial charge >= 0.3 is 0 Å². The van der Waals surface area contributed by atoms with Crippen LogP contribution in [-0.4, -0.2) is 62.2 Å². The first kappa shape index (κ1) is 23.1. The number of nitrogens with zero attached hydrogens (tertiary/aromatic N) is 2. The molecule has 6 nitrogen and oxygen atoms in total. The number of piperidine rings is 1. The molecule has 1 aliphatic carbocycles. The predicted molar refractivity (Wildman–Crippen MR) is 127 cm³/mol. The van der Waals surface area contributed by atoms with Gasteiger partial charge in [0.1, 0.15) is 5.82 Å². The Bertz CT molecular complexity index is 911. The lowest BCUT2D eigenvalue weighted by Gasteiger charge is -2.32. The van der Waals surface area contributed by atoms with Crippen LogP contribution in [0.3, 0.4) is 0 Å². The van der Waals surface area contributed by atoms with E-state index < -0.39 is 0 Å². The van der Waals surface area contributed by atoms with E-state index in [4.69, 9.17) is 9.72 Å². The van der Waals surface area contributed by atoms with Gasteiger partial charge in [0.2, 0.25) is 5.91 Å². The molecule has 0 saturated carbocycles. The van der Waals surface area contributed by atoms with Crippen molar-refractivity contribution in [1.29, 1.82) is 0 Å². The molecule has 1 aromatic heterocycles. The topological polar surface area (TPSA) is 66.5 Å². The van der Waals surface area contributed by atoms with E-state index in [1.807, 2.05) is 11.0 Å². The molecule has 0 radical (unpaired) electrons. The van der Waals surface area contributed by atoms with Crippen molar-refractivity contribution in [2.24, 2.45) is 5.92 Å². The number of fused-ring (bicyclic) bond motifs is 3. The van der Waals surface area contributed by atoms with E-state index in [-0.39, 0.29) is 11.7 Å². The zero-order valence-electron chi connectivity index (χ0n) is 18.8. The summed E-state index contributed by atoms with van der Waals surface area (Å²) in [5.41, 5.74) is 3.08. The first-order valence-corrected chi connectivity index (χ1v) is 12.5. The molecule has 1 saturated heterocycles. The molecule has 2 aromatic rings. The minimum absolute atomic E-state index is 0.184. The van der Waals surface area contributed by atoms with Crippen molar-refractivity contribution in [2.75, 3.05) is 51.8 Å². The van der Waals surface area contributed by atoms with Crippen LogP contribution in [0, 0.1) is 11.7 Å². The summed E-state index contributed by atoms with van der Waals surface area (Å²) in [7, 11) is 1.69. The van der Waals surface area contributed by atoms with Gasteiger partial charge in [-0.15, -0.1) is 11.3 Å². The van der Waals surface area contributed by atoms with Gasteiger partial charge in [-0.3, -0.25) is 4.79 Å². The summed E-state index contributed by atoms with van der Waals surface area (Å²) in [5, 5.41) is 7.64. The third kappa shape index (κ3) is 5.85. The molecule has 4 rings (SSSR count). The Kier molecular flexibility index (Phi) is 8.10. The summed E-state index contributed by atoms with van der Waals surface area (Å²) in [4.78, 5) is 20.4. The smallest absolute Gasteiger partial charge is 0.236 e. The lowest BCUT2D eigenvalue weighted by atomic mass is 9.97. The second-order valence-electron chi connectivity index (χ2n) is 8.67. The fourth-order valence-electron chi connectivity index (χ4n) is 4.50. The number of aryl methyl sites for hydroxylation is 2. The van der Waals surface area contributed by atoms with Crippen LogP contribution < -0.4 is 10.6 Å². The highest BCUT2D eigenvalue weighted by Crippen LogP contribution is 2.37. The Labute approximate surface area is 193 Å². The fraction of sp³-hybridized carbons (Fsp3) is 0.583. The molecule has 2 heterocycles. The summed E-state index contributed by atoms with van der Waals surface area (Å²) < 4.78 is 18.9. The first-order chi connectivity index (χ1) is 15.6. The maximum Gasteiger partial charge on any atom is 0.236 e. The van der Waals surface area contributed by atoms with Crippen molar-refractivity contribution in [3.63, 3.8) is 0 Å². The van der Waals surface area contributed by atoms with Gasteiger partial charge in [0.15, 0.2) is 5.13 Å². The number of thiazole rings is 1. The zero-order chi connectivity index (χ0) is 22.3. The maximum atomic E-state index is 13.8. The highest BCUT2D eigenvalue weighted by atomic mass is 32.1. The van der Waals surface area contributed by atoms with Crippen LogP contribution in [0.25, 0.3) is 11.3 Å². The summed E-state index contributed by atoms with van der Waals surface area (Å²) >= 11 is 1.70. The Hall–Kier alpha value is -2.03. The monoisotopic (exact) mass is 460 g/mol. The lowest BCUT2D eigenvalue weighted by molar-refractivity contribution is -0.131. The minimum atomic E-state index is -0.203. The average Bonchev–Trinajstić information content (AvgIpc) is 3.14. The number of ether oxygens (including phenoxy) is 1. The standard InChI is InChI=1S/C24H33FN4O2S/c1-31-13-3-10-26-16-22(30)29-11-8-17(9-12-29)15-27-24-28-23-20-14-19(25)7-6-18(20)4-2-5-21(23)32-24/h6-7,14,17,26H,2-5,8-13,15-16H2,1H3,(H,27,28). The average molecular weight is 461 g/mol.